The number of rotatable bonds is 4. The van der Waals surface area contributed by atoms with E-state index in [9.17, 15) is 0 Å². The molecule has 2 rings (SSSR count). The molecule has 0 nitrogen and oxygen atoms in total. The molecule has 124 valence electrons. The van der Waals surface area contributed by atoms with Crippen molar-refractivity contribution < 1.29 is 0 Å². The molecular formula is C22H36. The van der Waals surface area contributed by atoms with Gasteiger partial charge in [0, 0.05) is 5.41 Å². The maximum Gasteiger partial charge on any atom is 0.0164 e. The lowest BCUT2D eigenvalue weighted by Gasteiger charge is -2.40. The molecule has 0 spiro atoms. The molecule has 1 fully saturated rings. The average Bonchev–Trinajstić information content (AvgIpc) is 2.64. The molecule has 0 aromatic heterocycles. The molecule has 1 aromatic rings. The van der Waals surface area contributed by atoms with Gasteiger partial charge in [-0.15, -0.1) is 0 Å². The summed E-state index contributed by atoms with van der Waals surface area (Å²) in [6.07, 6.45) is 12.0. The van der Waals surface area contributed by atoms with Crippen LogP contribution in [0.5, 0.6) is 0 Å². The number of allylic oxidation sites excluding steroid dienone is 3. The van der Waals surface area contributed by atoms with E-state index in [1.165, 1.54) is 37.7 Å². The fourth-order valence-corrected chi connectivity index (χ4v) is 3.47. The Balaban J connectivity index is 0.00000102. The van der Waals surface area contributed by atoms with Crippen molar-refractivity contribution in [2.24, 2.45) is 0 Å². The molecule has 1 aliphatic carbocycles. The Morgan fingerprint density at radius 3 is 2.00 bits per heavy atom. The zero-order valence-corrected chi connectivity index (χ0v) is 15.5. The Labute approximate surface area is 139 Å². The third-order valence-corrected chi connectivity index (χ3v) is 4.35. The highest BCUT2D eigenvalue weighted by molar-refractivity contribution is 5.38. The van der Waals surface area contributed by atoms with Crippen LogP contribution in [-0.4, -0.2) is 0 Å². The lowest BCUT2D eigenvalue weighted by atomic mass is 9.64. The van der Waals surface area contributed by atoms with Crippen LogP contribution in [0.4, 0.5) is 0 Å². The van der Waals surface area contributed by atoms with Crippen LogP contribution in [-0.2, 0) is 5.41 Å². The van der Waals surface area contributed by atoms with Gasteiger partial charge in [0.05, 0.1) is 0 Å². The van der Waals surface area contributed by atoms with Gasteiger partial charge in [0.25, 0.3) is 0 Å². The van der Waals surface area contributed by atoms with Crippen molar-refractivity contribution in [3.63, 3.8) is 0 Å². The van der Waals surface area contributed by atoms with Crippen LogP contribution < -0.4 is 0 Å². The predicted octanol–water partition coefficient (Wildman–Crippen LogP) is 7.46. The van der Waals surface area contributed by atoms with E-state index in [0.717, 1.165) is 6.42 Å². The third kappa shape index (κ3) is 5.16. The van der Waals surface area contributed by atoms with Gasteiger partial charge in [-0.1, -0.05) is 109 Å². The van der Waals surface area contributed by atoms with Gasteiger partial charge < -0.3 is 0 Å². The van der Waals surface area contributed by atoms with Crippen LogP contribution in [0.15, 0.2) is 54.6 Å². The fraction of sp³-hybridized carbons (Fsp3) is 0.545. The molecule has 1 aromatic carbocycles. The summed E-state index contributed by atoms with van der Waals surface area (Å²) in [5, 5.41) is 0. The standard InChI is InChI=1S/C18H24.2C2H6/c1-3-11-16(4-2)18(14-9-6-10-15-18)17-12-7-5-8-13-17;2*1-2/h3,5,7-8,11-13H,1,4,6,9-10,14-15H2,2H3;2*1-2H3/b16-11+;;. The second kappa shape index (κ2) is 12.3. The first-order valence-electron chi connectivity index (χ1n) is 9.21. The fourth-order valence-electron chi connectivity index (χ4n) is 3.47. The Hall–Kier alpha value is -1.30. The zero-order chi connectivity index (χ0) is 16.8. The average molecular weight is 301 g/mol. The lowest BCUT2D eigenvalue weighted by Crippen LogP contribution is -2.31. The number of hydrogen-bond donors (Lipinski definition) is 0. The van der Waals surface area contributed by atoms with Crippen molar-refractivity contribution in [3.8, 4) is 0 Å². The van der Waals surface area contributed by atoms with Crippen LogP contribution in [0.1, 0.15) is 78.7 Å². The summed E-state index contributed by atoms with van der Waals surface area (Å²) in [4.78, 5) is 0. The van der Waals surface area contributed by atoms with Crippen molar-refractivity contribution in [2.45, 2.75) is 78.6 Å². The Bertz CT molecular complexity index is 405. The van der Waals surface area contributed by atoms with Gasteiger partial charge >= 0.3 is 0 Å². The van der Waals surface area contributed by atoms with Gasteiger partial charge in [-0.2, -0.15) is 0 Å². The molecule has 0 heteroatoms. The third-order valence-electron chi connectivity index (χ3n) is 4.35. The normalized spacial score (nSPS) is 16.5. The second-order valence-electron chi connectivity index (χ2n) is 5.29. The Kier molecular flexibility index (Phi) is 11.5. The Morgan fingerprint density at radius 2 is 1.55 bits per heavy atom. The van der Waals surface area contributed by atoms with Gasteiger partial charge in [0.15, 0.2) is 0 Å². The summed E-state index contributed by atoms with van der Waals surface area (Å²) in [6.45, 7) is 14.2. The largest absolute Gasteiger partial charge is 0.0991 e. The van der Waals surface area contributed by atoms with E-state index in [2.05, 4.69) is 49.9 Å². The summed E-state index contributed by atoms with van der Waals surface area (Å²) in [5.41, 5.74) is 3.34. The van der Waals surface area contributed by atoms with E-state index in [1.807, 2.05) is 33.8 Å². The molecule has 1 aliphatic rings. The topological polar surface area (TPSA) is 0 Å². The second-order valence-corrected chi connectivity index (χ2v) is 5.29. The van der Waals surface area contributed by atoms with E-state index in [4.69, 9.17) is 0 Å². The molecule has 22 heavy (non-hydrogen) atoms. The quantitative estimate of drug-likeness (QED) is 0.506. The van der Waals surface area contributed by atoms with Gasteiger partial charge in [0.1, 0.15) is 0 Å². The smallest absolute Gasteiger partial charge is 0.0164 e. The van der Waals surface area contributed by atoms with E-state index < -0.39 is 0 Å². The van der Waals surface area contributed by atoms with Crippen LogP contribution in [0.3, 0.4) is 0 Å². The molecule has 1 saturated carbocycles. The van der Waals surface area contributed by atoms with Gasteiger partial charge in [-0.3, -0.25) is 0 Å². The molecule has 0 radical (unpaired) electrons. The van der Waals surface area contributed by atoms with Gasteiger partial charge in [-0.25, -0.2) is 0 Å². The summed E-state index contributed by atoms with van der Waals surface area (Å²) < 4.78 is 0. The molecular weight excluding hydrogens is 264 g/mol. The summed E-state index contributed by atoms with van der Waals surface area (Å²) in [7, 11) is 0. The maximum atomic E-state index is 3.89. The predicted molar refractivity (Wildman–Crippen MR) is 102 cm³/mol. The molecule has 0 amide bonds. The molecule has 0 N–H and O–H groups in total. The van der Waals surface area contributed by atoms with Crippen LogP contribution in [0, 0.1) is 0 Å². The van der Waals surface area contributed by atoms with Crippen molar-refractivity contribution in [1.29, 1.82) is 0 Å². The van der Waals surface area contributed by atoms with Crippen LogP contribution in [0.25, 0.3) is 0 Å². The number of benzene rings is 1. The summed E-state index contributed by atoms with van der Waals surface area (Å²) >= 11 is 0. The minimum absolute atomic E-state index is 0.280. The highest BCUT2D eigenvalue weighted by Crippen LogP contribution is 2.46. The SMILES string of the molecule is C=C/C=C(\CC)C1(c2ccccc2)CCCCC1.CC.CC. The van der Waals surface area contributed by atoms with E-state index in [0.29, 0.717) is 0 Å². The summed E-state index contributed by atoms with van der Waals surface area (Å²) in [6, 6.07) is 11.1. The first-order valence-corrected chi connectivity index (χ1v) is 9.21. The zero-order valence-electron chi connectivity index (χ0n) is 15.5. The van der Waals surface area contributed by atoms with Crippen LogP contribution >= 0.6 is 0 Å². The lowest BCUT2D eigenvalue weighted by molar-refractivity contribution is 0.334. The minimum atomic E-state index is 0.280. The van der Waals surface area contributed by atoms with Crippen molar-refractivity contribution in [2.75, 3.05) is 0 Å². The van der Waals surface area contributed by atoms with Gasteiger partial charge in [-0.05, 0) is 24.8 Å². The number of hydrogen-bond acceptors (Lipinski definition) is 0. The molecule has 0 saturated heterocycles. The monoisotopic (exact) mass is 300 g/mol. The highest BCUT2D eigenvalue weighted by atomic mass is 14.4. The molecule has 0 aliphatic heterocycles. The molecule has 0 atom stereocenters. The van der Waals surface area contributed by atoms with Crippen molar-refractivity contribution in [1.82, 2.24) is 0 Å². The summed E-state index contributed by atoms with van der Waals surface area (Å²) in [5.74, 6) is 0. The van der Waals surface area contributed by atoms with Crippen molar-refractivity contribution >= 4 is 0 Å². The van der Waals surface area contributed by atoms with E-state index >= 15 is 0 Å². The molecule has 0 unspecified atom stereocenters. The maximum absolute atomic E-state index is 3.89. The first kappa shape index (κ1) is 20.7. The highest BCUT2D eigenvalue weighted by Gasteiger charge is 2.35. The van der Waals surface area contributed by atoms with Crippen LogP contribution in [0.2, 0.25) is 0 Å². The van der Waals surface area contributed by atoms with Crippen molar-refractivity contribution in [3.05, 3.63) is 60.2 Å². The van der Waals surface area contributed by atoms with E-state index in [1.54, 1.807) is 5.57 Å². The minimum Gasteiger partial charge on any atom is -0.0991 e. The van der Waals surface area contributed by atoms with E-state index in [-0.39, 0.29) is 5.41 Å². The molecule has 0 heterocycles. The molecule has 0 bridgehead atoms. The van der Waals surface area contributed by atoms with Gasteiger partial charge in [0.2, 0.25) is 0 Å². The Morgan fingerprint density at radius 1 is 1.00 bits per heavy atom. The first-order chi connectivity index (χ1) is 10.8.